The minimum Gasteiger partial charge on any atom is -0.475 e. The Hall–Kier alpha value is -0.960. The molecule has 0 fully saturated rings. The monoisotopic (exact) mass is 235 g/mol. The standard InChI is InChI=1S/C13H17NOS/c1-9(2)12-8-15-13(14-12)10-4-6-11(16-3)7-5-10/h4-7,9,12H,8H2,1-3H3/t12-/m1/s1. The molecule has 1 aliphatic rings. The van der Waals surface area contributed by atoms with Gasteiger partial charge in [-0.25, -0.2) is 4.99 Å². The van der Waals surface area contributed by atoms with E-state index in [0.717, 1.165) is 18.1 Å². The van der Waals surface area contributed by atoms with Crippen molar-refractivity contribution in [3.63, 3.8) is 0 Å². The van der Waals surface area contributed by atoms with Crippen LogP contribution in [0.2, 0.25) is 0 Å². The first-order valence-corrected chi connectivity index (χ1v) is 6.78. The van der Waals surface area contributed by atoms with Crippen molar-refractivity contribution in [2.75, 3.05) is 12.9 Å². The fourth-order valence-electron chi connectivity index (χ4n) is 1.62. The van der Waals surface area contributed by atoms with Crippen molar-refractivity contribution in [2.45, 2.75) is 24.8 Å². The Bertz CT molecular complexity index is 383. The van der Waals surface area contributed by atoms with Crippen LogP contribution in [0.1, 0.15) is 19.4 Å². The minimum atomic E-state index is 0.315. The van der Waals surface area contributed by atoms with Crippen molar-refractivity contribution in [3.05, 3.63) is 29.8 Å². The number of hydrogen-bond donors (Lipinski definition) is 0. The average Bonchev–Trinajstić information content (AvgIpc) is 2.78. The Morgan fingerprint density at radius 2 is 2.00 bits per heavy atom. The van der Waals surface area contributed by atoms with Gasteiger partial charge in [0.2, 0.25) is 5.90 Å². The smallest absolute Gasteiger partial charge is 0.216 e. The highest BCUT2D eigenvalue weighted by atomic mass is 32.2. The third-order valence-corrected chi connectivity index (χ3v) is 3.52. The molecular weight excluding hydrogens is 218 g/mol. The Labute approximate surface area is 101 Å². The fourth-order valence-corrected chi connectivity index (χ4v) is 2.03. The maximum Gasteiger partial charge on any atom is 0.216 e. The normalized spacial score (nSPS) is 19.8. The molecule has 0 unspecified atom stereocenters. The van der Waals surface area contributed by atoms with Crippen molar-refractivity contribution in [3.8, 4) is 0 Å². The lowest BCUT2D eigenvalue weighted by molar-refractivity contribution is 0.292. The Balaban J connectivity index is 2.16. The van der Waals surface area contributed by atoms with Crippen LogP contribution in [0, 0.1) is 5.92 Å². The van der Waals surface area contributed by atoms with E-state index in [9.17, 15) is 0 Å². The maximum absolute atomic E-state index is 5.63. The third-order valence-electron chi connectivity index (χ3n) is 2.78. The predicted octanol–water partition coefficient (Wildman–Crippen LogP) is 3.21. The lowest BCUT2D eigenvalue weighted by Crippen LogP contribution is -2.13. The number of aliphatic imine (C=N–C) groups is 1. The Kier molecular flexibility index (Phi) is 3.54. The van der Waals surface area contributed by atoms with Gasteiger partial charge in [-0.2, -0.15) is 0 Å². The van der Waals surface area contributed by atoms with Crippen LogP contribution in [0.3, 0.4) is 0 Å². The second-order valence-corrected chi connectivity index (χ2v) is 5.16. The quantitative estimate of drug-likeness (QED) is 0.750. The van der Waals surface area contributed by atoms with E-state index in [1.807, 2.05) is 0 Å². The zero-order valence-corrected chi connectivity index (χ0v) is 10.8. The van der Waals surface area contributed by atoms with Crippen molar-refractivity contribution in [1.82, 2.24) is 0 Å². The summed E-state index contributed by atoms with van der Waals surface area (Å²) in [6, 6.07) is 8.68. The fraction of sp³-hybridized carbons (Fsp3) is 0.462. The summed E-state index contributed by atoms with van der Waals surface area (Å²) >= 11 is 1.74. The van der Waals surface area contributed by atoms with Crippen LogP contribution in [0.15, 0.2) is 34.2 Å². The van der Waals surface area contributed by atoms with Crippen molar-refractivity contribution in [2.24, 2.45) is 10.9 Å². The van der Waals surface area contributed by atoms with Gasteiger partial charge in [0, 0.05) is 10.5 Å². The SMILES string of the molecule is CSc1ccc(C2=N[C@@H](C(C)C)CO2)cc1. The first-order valence-electron chi connectivity index (χ1n) is 5.55. The van der Waals surface area contributed by atoms with Crippen molar-refractivity contribution in [1.29, 1.82) is 0 Å². The van der Waals surface area contributed by atoms with E-state index < -0.39 is 0 Å². The van der Waals surface area contributed by atoms with Gasteiger partial charge in [-0.15, -0.1) is 11.8 Å². The van der Waals surface area contributed by atoms with Gasteiger partial charge in [0.25, 0.3) is 0 Å². The van der Waals surface area contributed by atoms with Gasteiger partial charge < -0.3 is 4.74 Å². The van der Waals surface area contributed by atoms with E-state index in [2.05, 4.69) is 49.4 Å². The second kappa shape index (κ2) is 4.91. The zero-order chi connectivity index (χ0) is 11.5. The third kappa shape index (κ3) is 2.40. The molecular formula is C13H17NOS. The lowest BCUT2D eigenvalue weighted by atomic mass is 10.1. The van der Waals surface area contributed by atoms with Crippen LogP contribution in [0.4, 0.5) is 0 Å². The van der Waals surface area contributed by atoms with E-state index in [4.69, 9.17) is 4.74 Å². The summed E-state index contributed by atoms with van der Waals surface area (Å²) in [5.41, 5.74) is 1.08. The zero-order valence-electron chi connectivity index (χ0n) is 9.93. The molecule has 1 heterocycles. The van der Waals surface area contributed by atoms with E-state index in [-0.39, 0.29) is 0 Å². The molecule has 0 aromatic heterocycles. The number of thioether (sulfide) groups is 1. The molecule has 0 N–H and O–H groups in total. The van der Waals surface area contributed by atoms with Crippen LogP contribution < -0.4 is 0 Å². The largest absolute Gasteiger partial charge is 0.475 e. The summed E-state index contributed by atoms with van der Waals surface area (Å²) in [5.74, 6) is 1.34. The molecule has 1 aromatic rings. The van der Waals surface area contributed by atoms with E-state index >= 15 is 0 Å². The molecule has 1 aliphatic heterocycles. The number of hydrogen-bond acceptors (Lipinski definition) is 3. The van der Waals surface area contributed by atoms with Crippen LogP contribution in [-0.4, -0.2) is 24.8 Å². The molecule has 3 heteroatoms. The van der Waals surface area contributed by atoms with Gasteiger partial charge in [-0.1, -0.05) is 13.8 Å². The molecule has 0 aliphatic carbocycles. The summed E-state index contributed by atoms with van der Waals surface area (Å²) in [5, 5.41) is 0. The molecule has 0 radical (unpaired) electrons. The number of benzene rings is 1. The molecule has 0 amide bonds. The van der Waals surface area contributed by atoms with Gasteiger partial charge in [0.15, 0.2) is 0 Å². The minimum absolute atomic E-state index is 0.315. The molecule has 0 saturated heterocycles. The summed E-state index contributed by atoms with van der Waals surface area (Å²) in [7, 11) is 0. The molecule has 1 atom stereocenters. The van der Waals surface area contributed by atoms with E-state index in [0.29, 0.717) is 12.0 Å². The van der Waals surface area contributed by atoms with Crippen LogP contribution in [0.25, 0.3) is 0 Å². The molecule has 0 bridgehead atoms. The molecule has 2 nitrogen and oxygen atoms in total. The molecule has 2 rings (SSSR count). The summed E-state index contributed by atoms with van der Waals surface area (Å²) in [6.07, 6.45) is 2.08. The molecule has 86 valence electrons. The van der Waals surface area contributed by atoms with Crippen molar-refractivity contribution >= 4 is 17.7 Å². The highest BCUT2D eigenvalue weighted by Gasteiger charge is 2.22. The highest BCUT2D eigenvalue weighted by molar-refractivity contribution is 7.98. The van der Waals surface area contributed by atoms with Gasteiger partial charge >= 0.3 is 0 Å². The summed E-state index contributed by atoms with van der Waals surface area (Å²) < 4.78 is 5.63. The first kappa shape index (κ1) is 11.5. The van der Waals surface area contributed by atoms with Gasteiger partial charge in [0.1, 0.15) is 6.61 Å². The molecule has 16 heavy (non-hydrogen) atoms. The summed E-state index contributed by atoms with van der Waals surface area (Å²) in [4.78, 5) is 5.87. The van der Waals surface area contributed by atoms with Crippen LogP contribution in [0.5, 0.6) is 0 Å². The molecule has 0 spiro atoms. The number of nitrogens with zero attached hydrogens (tertiary/aromatic N) is 1. The Morgan fingerprint density at radius 3 is 2.50 bits per heavy atom. The predicted molar refractivity (Wildman–Crippen MR) is 69.3 cm³/mol. The van der Waals surface area contributed by atoms with Gasteiger partial charge in [-0.3, -0.25) is 0 Å². The van der Waals surface area contributed by atoms with Crippen molar-refractivity contribution < 1.29 is 4.74 Å². The van der Waals surface area contributed by atoms with Gasteiger partial charge in [-0.05, 0) is 36.4 Å². The molecule has 0 saturated carbocycles. The average molecular weight is 235 g/mol. The van der Waals surface area contributed by atoms with E-state index in [1.165, 1.54) is 4.90 Å². The van der Waals surface area contributed by atoms with E-state index in [1.54, 1.807) is 11.8 Å². The first-order chi connectivity index (χ1) is 7.70. The number of rotatable bonds is 3. The van der Waals surface area contributed by atoms with Crippen LogP contribution >= 0.6 is 11.8 Å². The lowest BCUT2D eigenvalue weighted by Gasteiger charge is -2.06. The molecule has 1 aromatic carbocycles. The van der Waals surface area contributed by atoms with Gasteiger partial charge in [0.05, 0.1) is 6.04 Å². The topological polar surface area (TPSA) is 21.6 Å². The van der Waals surface area contributed by atoms with Crippen LogP contribution in [-0.2, 0) is 4.74 Å². The number of ether oxygens (including phenoxy) is 1. The maximum atomic E-state index is 5.63. The Morgan fingerprint density at radius 1 is 1.31 bits per heavy atom. The second-order valence-electron chi connectivity index (χ2n) is 4.29. The summed E-state index contributed by atoms with van der Waals surface area (Å²) in [6.45, 7) is 5.08. The highest BCUT2D eigenvalue weighted by Crippen LogP contribution is 2.20.